The highest BCUT2D eigenvalue weighted by atomic mass is 79.9. The number of aldehydes is 1. The molecule has 0 bridgehead atoms. The second-order valence-corrected chi connectivity index (χ2v) is 15.5. The number of hydrogen-bond acceptors (Lipinski definition) is 13. The predicted octanol–water partition coefficient (Wildman–Crippen LogP) is 9.32. The molecular formula is C36H52Br2N2O10S2. The molecule has 2 aromatic heterocycles. The summed E-state index contributed by atoms with van der Waals surface area (Å²) in [5.74, 6) is -2.54. The van der Waals surface area contributed by atoms with Gasteiger partial charge in [0.2, 0.25) is 0 Å². The highest BCUT2D eigenvalue weighted by molar-refractivity contribution is 9.11. The van der Waals surface area contributed by atoms with E-state index >= 15 is 0 Å². The van der Waals surface area contributed by atoms with E-state index < -0.39 is 17.9 Å². The number of carboxylic acids is 1. The monoisotopic (exact) mass is 894 g/mol. The lowest BCUT2D eigenvalue weighted by molar-refractivity contribution is -0.146. The van der Waals surface area contributed by atoms with Crippen LogP contribution in [0.15, 0.2) is 54.4 Å². The fourth-order valence-corrected chi connectivity index (χ4v) is 7.29. The number of halogens is 2. The van der Waals surface area contributed by atoms with Gasteiger partial charge < -0.3 is 30.8 Å². The van der Waals surface area contributed by atoms with Crippen LogP contribution in [0.2, 0.25) is 0 Å². The van der Waals surface area contributed by atoms with Gasteiger partial charge in [-0.05, 0) is 96.2 Å². The Balaban J connectivity index is 0. The SMILES string of the molecule is CC(=O)O.CCCC(=O)CC(=O)OCC.CCCC1=C(C(=O)OCC)C(c2ccc(Br)s2)C(C(=O)OCC)=C(CCC)N1.N.O=Cc1ccc(Br)s1. The third kappa shape index (κ3) is 19.6. The topological polar surface area (TPSA) is 197 Å². The highest BCUT2D eigenvalue weighted by Crippen LogP contribution is 2.44. The normalized spacial score (nSPS) is 11.9. The molecule has 16 heteroatoms. The van der Waals surface area contributed by atoms with E-state index in [0.29, 0.717) is 37.0 Å². The molecule has 1 aliphatic rings. The summed E-state index contributed by atoms with van der Waals surface area (Å²) >= 11 is 9.69. The van der Waals surface area contributed by atoms with E-state index in [-0.39, 0.29) is 43.5 Å². The van der Waals surface area contributed by atoms with Crippen molar-refractivity contribution in [1.82, 2.24) is 11.5 Å². The van der Waals surface area contributed by atoms with Crippen LogP contribution in [0.1, 0.15) is 114 Å². The van der Waals surface area contributed by atoms with Gasteiger partial charge in [-0.2, -0.15) is 0 Å². The number of ether oxygens (including phenoxy) is 3. The van der Waals surface area contributed by atoms with Crippen molar-refractivity contribution >= 4 is 90.5 Å². The molecule has 2 aromatic rings. The van der Waals surface area contributed by atoms with Gasteiger partial charge in [-0.15, -0.1) is 22.7 Å². The van der Waals surface area contributed by atoms with E-state index in [1.165, 1.54) is 22.7 Å². The van der Waals surface area contributed by atoms with E-state index in [4.69, 9.17) is 19.4 Å². The van der Waals surface area contributed by atoms with Crippen LogP contribution in [0.4, 0.5) is 0 Å². The van der Waals surface area contributed by atoms with Gasteiger partial charge in [-0.25, -0.2) is 9.59 Å². The first-order valence-corrected chi connectivity index (χ1v) is 19.9. The maximum absolute atomic E-state index is 13.0. The Hall–Kier alpha value is -3.18. The molecule has 0 unspecified atom stereocenters. The minimum absolute atomic E-state index is 0. The Kier molecular flexibility index (Phi) is 28.7. The number of carbonyl (C=O) groups is 6. The molecule has 0 spiro atoms. The quantitative estimate of drug-likeness (QED) is 0.0664. The average molecular weight is 897 g/mol. The minimum atomic E-state index is -0.833. The molecule has 0 atom stereocenters. The van der Waals surface area contributed by atoms with Gasteiger partial charge in [-0.1, -0.05) is 33.6 Å². The number of hydrogen-bond donors (Lipinski definition) is 3. The fraction of sp³-hybridized carbons (Fsp3) is 0.500. The molecule has 0 fully saturated rings. The number of ketones is 1. The molecule has 0 radical (unpaired) electrons. The second-order valence-electron chi connectivity index (χ2n) is 10.5. The Bertz CT molecular complexity index is 1440. The molecule has 292 valence electrons. The summed E-state index contributed by atoms with van der Waals surface area (Å²) in [4.78, 5) is 68.1. The van der Waals surface area contributed by atoms with Crippen LogP contribution in [-0.4, -0.2) is 60.9 Å². The summed E-state index contributed by atoms with van der Waals surface area (Å²) < 4.78 is 17.3. The number of allylic oxidation sites excluding steroid dienone is 2. The second kappa shape index (κ2) is 29.3. The number of carbonyl (C=O) groups excluding carboxylic acids is 5. The summed E-state index contributed by atoms with van der Waals surface area (Å²) in [6, 6.07) is 7.53. The molecule has 52 heavy (non-hydrogen) atoms. The number of rotatable bonds is 15. The number of carboxylic acid groups (broad SMARTS) is 1. The zero-order valence-corrected chi connectivity index (χ0v) is 35.7. The zero-order chi connectivity index (χ0) is 38.9. The number of aliphatic carboxylic acids is 1. The number of Topliss-reactive ketones (excluding diaryl/α,β-unsaturated/α-hetero) is 1. The minimum Gasteiger partial charge on any atom is -0.481 e. The first-order valence-electron chi connectivity index (χ1n) is 16.6. The predicted molar refractivity (Wildman–Crippen MR) is 212 cm³/mol. The van der Waals surface area contributed by atoms with E-state index in [1.54, 1.807) is 26.8 Å². The average Bonchev–Trinajstić information content (AvgIpc) is 3.69. The Morgan fingerprint density at radius 3 is 1.56 bits per heavy atom. The molecule has 5 N–H and O–H groups in total. The zero-order valence-electron chi connectivity index (χ0n) is 30.9. The molecule has 0 aliphatic carbocycles. The van der Waals surface area contributed by atoms with E-state index in [0.717, 1.165) is 61.2 Å². The van der Waals surface area contributed by atoms with Crippen LogP contribution in [-0.2, 0) is 38.2 Å². The molecule has 12 nitrogen and oxygen atoms in total. The smallest absolute Gasteiger partial charge is 0.336 e. The van der Waals surface area contributed by atoms with Gasteiger partial charge in [-0.3, -0.25) is 19.2 Å². The molecule has 0 saturated heterocycles. The lowest BCUT2D eigenvalue weighted by Gasteiger charge is -2.32. The van der Waals surface area contributed by atoms with Crippen molar-refractivity contribution in [3.8, 4) is 0 Å². The van der Waals surface area contributed by atoms with Crippen molar-refractivity contribution in [2.45, 2.75) is 99.3 Å². The van der Waals surface area contributed by atoms with Gasteiger partial charge in [0.15, 0.2) is 6.29 Å². The lowest BCUT2D eigenvalue weighted by atomic mass is 9.82. The van der Waals surface area contributed by atoms with E-state index in [9.17, 15) is 24.0 Å². The van der Waals surface area contributed by atoms with E-state index in [1.807, 2.05) is 25.1 Å². The summed E-state index contributed by atoms with van der Waals surface area (Å²) in [6.45, 7) is 13.3. The van der Waals surface area contributed by atoms with Crippen LogP contribution < -0.4 is 11.5 Å². The standard InChI is InChI=1S/C21H28BrNO4S.C8H14O3.C5H3BrOS.C2H4O2.H3N/c1-5-9-13-17(20(24)26-7-3)19(15-11-12-16(22)28-15)18(21(25)27-8-4)14(23-13)10-6-2;1-3-5-7(9)6-8(10)11-4-2;6-5-2-1-4(3-7)8-5;1-2(3)4;/h11-12,19,23H,5-10H2,1-4H3;3-6H2,1-2H3;1-3H;1H3,(H,3,4);1H3. The maximum atomic E-state index is 13.0. The number of nitrogens with one attached hydrogen (secondary N) is 1. The molecule has 0 aromatic carbocycles. The van der Waals surface area contributed by atoms with Crippen molar-refractivity contribution in [3.63, 3.8) is 0 Å². The van der Waals surface area contributed by atoms with Gasteiger partial charge in [0, 0.05) is 29.6 Å². The van der Waals surface area contributed by atoms with Crippen molar-refractivity contribution in [3.05, 3.63) is 64.1 Å². The van der Waals surface area contributed by atoms with Crippen LogP contribution in [0.3, 0.4) is 0 Å². The maximum Gasteiger partial charge on any atom is 0.336 e. The van der Waals surface area contributed by atoms with Crippen molar-refractivity contribution in [2.75, 3.05) is 19.8 Å². The lowest BCUT2D eigenvalue weighted by Crippen LogP contribution is -2.34. The summed E-state index contributed by atoms with van der Waals surface area (Å²) in [5.41, 5.74) is 2.71. The Morgan fingerprint density at radius 1 is 0.769 bits per heavy atom. The first-order chi connectivity index (χ1) is 24.2. The van der Waals surface area contributed by atoms with Crippen LogP contribution in [0.25, 0.3) is 0 Å². The van der Waals surface area contributed by atoms with Crippen LogP contribution >= 0.6 is 54.5 Å². The van der Waals surface area contributed by atoms with Gasteiger partial charge >= 0.3 is 17.9 Å². The van der Waals surface area contributed by atoms with Crippen molar-refractivity contribution in [1.29, 1.82) is 0 Å². The molecule has 0 amide bonds. The van der Waals surface area contributed by atoms with Gasteiger partial charge in [0.05, 0.1) is 49.3 Å². The van der Waals surface area contributed by atoms with Gasteiger partial charge in [0.1, 0.15) is 12.2 Å². The molecule has 3 rings (SSSR count). The molecule has 1 aliphatic heterocycles. The van der Waals surface area contributed by atoms with Crippen molar-refractivity contribution < 1.29 is 48.1 Å². The van der Waals surface area contributed by atoms with Crippen LogP contribution in [0, 0.1) is 0 Å². The largest absolute Gasteiger partial charge is 0.481 e. The van der Waals surface area contributed by atoms with Crippen LogP contribution in [0.5, 0.6) is 0 Å². The summed E-state index contributed by atoms with van der Waals surface area (Å²) in [6.07, 6.45) is 5.20. The van der Waals surface area contributed by atoms with Gasteiger partial charge in [0.25, 0.3) is 5.97 Å². The number of dihydropyridines is 1. The molecule has 3 heterocycles. The third-order valence-corrected chi connectivity index (χ3v) is 9.52. The fourth-order valence-electron chi connectivity index (χ4n) is 4.50. The Morgan fingerprint density at radius 2 is 1.23 bits per heavy atom. The molecule has 0 saturated carbocycles. The Labute approximate surface area is 331 Å². The highest BCUT2D eigenvalue weighted by Gasteiger charge is 2.40. The number of thiophene rings is 2. The third-order valence-electron chi connectivity index (χ3n) is 6.28. The summed E-state index contributed by atoms with van der Waals surface area (Å²) in [5, 5.41) is 10.8. The summed E-state index contributed by atoms with van der Waals surface area (Å²) in [7, 11) is 0. The van der Waals surface area contributed by atoms with E-state index in [2.05, 4.69) is 55.8 Å². The van der Waals surface area contributed by atoms with Crippen molar-refractivity contribution in [2.24, 2.45) is 0 Å². The molecular weight excluding hydrogens is 844 g/mol. The first kappa shape index (κ1) is 50.9. The number of esters is 3.